The standard InChI is InChI=1S/C22H12Cl2FN5O/c23-18-7-6-13(21-19(24)9-14(25)12-27-21)8-17(18)22(31)28-20-10-15(11-26)29-30(20)16-4-2-1-3-5-16/h1-10,12H,(H,28,31). The fourth-order valence-electron chi connectivity index (χ4n) is 2.95. The van der Waals surface area contributed by atoms with Gasteiger partial charge in [-0.3, -0.25) is 9.78 Å². The number of nitriles is 1. The van der Waals surface area contributed by atoms with E-state index in [1.807, 2.05) is 24.3 Å². The van der Waals surface area contributed by atoms with E-state index in [9.17, 15) is 14.4 Å². The van der Waals surface area contributed by atoms with E-state index in [0.29, 0.717) is 22.8 Å². The molecule has 152 valence electrons. The van der Waals surface area contributed by atoms with Crippen molar-refractivity contribution in [3.8, 4) is 23.0 Å². The molecule has 9 heteroatoms. The Morgan fingerprint density at radius 2 is 1.84 bits per heavy atom. The van der Waals surface area contributed by atoms with Crippen molar-refractivity contribution in [2.75, 3.05) is 5.32 Å². The van der Waals surface area contributed by atoms with Crippen LogP contribution in [0.1, 0.15) is 16.1 Å². The molecule has 0 aliphatic carbocycles. The van der Waals surface area contributed by atoms with Gasteiger partial charge in [-0.25, -0.2) is 9.07 Å². The van der Waals surface area contributed by atoms with Gasteiger partial charge in [0.2, 0.25) is 0 Å². The number of carbonyl (C=O) groups is 1. The van der Waals surface area contributed by atoms with Crippen molar-refractivity contribution in [3.05, 3.63) is 94.0 Å². The van der Waals surface area contributed by atoms with Gasteiger partial charge in [-0.1, -0.05) is 47.5 Å². The van der Waals surface area contributed by atoms with E-state index in [1.165, 1.54) is 22.9 Å². The Morgan fingerprint density at radius 1 is 1.06 bits per heavy atom. The molecule has 0 saturated carbocycles. The normalized spacial score (nSPS) is 10.5. The van der Waals surface area contributed by atoms with Gasteiger partial charge in [0, 0.05) is 11.6 Å². The van der Waals surface area contributed by atoms with Gasteiger partial charge in [-0.2, -0.15) is 10.4 Å². The summed E-state index contributed by atoms with van der Waals surface area (Å²) in [5.74, 6) is -0.790. The van der Waals surface area contributed by atoms with Gasteiger partial charge in [0.05, 0.1) is 33.2 Å². The summed E-state index contributed by atoms with van der Waals surface area (Å²) in [6.45, 7) is 0. The summed E-state index contributed by atoms with van der Waals surface area (Å²) in [5.41, 5.74) is 1.77. The Bertz CT molecular complexity index is 1330. The maximum Gasteiger partial charge on any atom is 0.258 e. The smallest absolute Gasteiger partial charge is 0.258 e. The minimum Gasteiger partial charge on any atom is -0.306 e. The van der Waals surface area contributed by atoms with Gasteiger partial charge in [0.25, 0.3) is 5.91 Å². The Kier molecular flexibility index (Phi) is 5.67. The van der Waals surface area contributed by atoms with Crippen LogP contribution < -0.4 is 5.32 Å². The van der Waals surface area contributed by atoms with Crippen molar-refractivity contribution in [2.45, 2.75) is 0 Å². The molecule has 0 fully saturated rings. The number of nitrogens with one attached hydrogen (secondary N) is 1. The third kappa shape index (κ3) is 4.26. The van der Waals surface area contributed by atoms with Crippen LogP contribution in [0, 0.1) is 17.1 Å². The Labute approximate surface area is 186 Å². The lowest BCUT2D eigenvalue weighted by Crippen LogP contribution is -2.15. The molecule has 4 aromatic rings. The molecule has 2 aromatic carbocycles. The number of aromatic nitrogens is 3. The maximum absolute atomic E-state index is 13.3. The molecule has 1 N–H and O–H groups in total. The molecule has 2 heterocycles. The Hall–Kier alpha value is -3.73. The number of hydrogen-bond donors (Lipinski definition) is 1. The van der Waals surface area contributed by atoms with Crippen LogP contribution in [0.15, 0.2) is 66.9 Å². The van der Waals surface area contributed by atoms with E-state index in [1.54, 1.807) is 18.2 Å². The number of pyridine rings is 1. The number of benzene rings is 2. The summed E-state index contributed by atoms with van der Waals surface area (Å²) in [4.78, 5) is 17.0. The van der Waals surface area contributed by atoms with Crippen molar-refractivity contribution in [3.63, 3.8) is 0 Å². The summed E-state index contributed by atoms with van der Waals surface area (Å²) in [6, 6.07) is 18.3. The summed E-state index contributed by atoms with van der Waals surface area (Å²) < 4.78 is 14.8. The molecule has 2 aromatic heterocycles. The van der Waals surface area contributed by atoms with Crippen LogP contribution >= 0.6 is 23.2 Å². The first kappa shape index (κ1) is 20.5. The van der Waals surface area contributed by atoms with Crippen molar-refractivity contribution >= 4 is 34.9 Å². The topological polar surface area (TPSA) is 83.6 Å². The quantitative estimate of drug-likeness (QED) is 0.443. The number of carbonyl (C=O) groups excluding carboxylic acids is 1. The summed E-state index contributed by atoms with van der Waals surface area (Å²) in [7, 11) is 0. The van der Waals surface area contributed by atoms with E-state index in [-0.39, 0.29) is 21.3 Å². The van der Waals surface area contributed by atoms with Gasteiger partial charge in [-0.15, -0.1) is 0 Å². The zero-order valence-corrected chi connectivity index (χ0v) is 17.2. The lowest BCUT2D eigenvalue weighted by Gasteiger charge is -2.11. The third-order valence-corrected chi connectivity index (χ3v) is 4.98. The number of anilines is 1. The zero-order valence-electron chi connectivity index (χ0n) is 15.7. The summed E-state index contributed by atoms with van der Waals surface area (Å²) >= 11 is 12.3. The number of para-hydroxylation sites is 1. The van der Waals surface area contributed by atoms with Gasteiger partial charge >= 0.3 is 0 Å². The molecule has 0 radical (unpaired) electrons. The lowest BCUT2D eigenvalue weighted by molar-refractivity contribution is 0.102. The molecule has 0 bridgehead atoms. The SMILES string of the molecule is N#Cc1cc(NC(=O)c2cc(-c3ncc(F)cc3Cl)ccc2Cl)n(-c2ccccc2)n1. The average Bonchev–Trinajstić information content (AvgIpc) is 3.18. The van der Waals surface area contributed by atoms with Crippen LogP contribution in [0.4, 0.5) is 10.2 Å². The molecule has 6 nitrogen and oxygen atoms in total. The van der Waals surface area contributed by atoms with Crippen LogP contribution in [0.3, 0.4) is 0 Å². The first-order valence-corrected chi connectivity index (χ1v) is 9.70. The highest BCUT2D eigenvalue weighted by molar-refractivity contribution is 6.35. The molecule has 1 amide bonds. The molecular weight excluding hydrogens is 440 g/mol. The predicted octanol–water partition coefficient (Wildman–Crippen LogP) is 5.50. The fraction of sp³-hybridized carbons (Fsp3) is 0. The van der Waals surface area contributed by atoms with Crippen molar-refractivity contribution in [2.24, 2.45) is 0 Å². The second-order valence-electron chi connectivity index (χ2n) is 6.41. The van der Waals surface area contributed by atoms with Crippen molar-refractivity contribution in [1.82, 2.24) is 14.8 Å². The number of nitrogens with zero attached hydrogens (tertiary/aromatic N) is 4. The minimum absolute atomic E-state index is 0.106. The van der Waals surface area contributed by atoms with Crippen molar-refractivity contribution in [1.29, 1.82) is 5.26 Å². The minimum atomic E-state index is -0.567. The maximum atomic E-state index is 13.3. The van der Waals surface area contributed by atoms with Gasteiger partial charge in [0.1, 0.15) is 17.7 Å². The summed E-state index contributed by atoms with van der Waals surface area (Å²) in [5, 5.41) is 16.5. The number of hydrogen-bond acceptors (Lipinski definition) is 4. The Morgan fingerprint density at radius 3 is 2.55 bits per heavy atom. The van der Waals surface area contributed by atoms with E-state index in [2.05, 4.69) is 15.4 Å². The molecule has 0 unspecified atom stereocenters. The molecule has 4 rings (SSSR count). The molecular formula is C22H12Cl2FN5O. The molecule has 0 saturated heterocycles. The second-order valence-corrected chi connectivity index (χ2v) is 7.22. The van der Waals surface area contributed by atoms with Crippen LogP contribution in [0.5, 0.6) is 0 Å². The lowest BCUT2D eigenvalue weighted by atomic mass is 10.1. The molecule has 0 aliphatic heterocycles. The highest BCUT2D eigenvalue weighted by Gasteiger charge is 2.18. The highest BCUT2D eigenvalue weighted by atomic mass is 35.5. The van der Waals surface area contributed by atoms with Gasteiger partial charge < -0.3 is 5.32 Å². The second kappa shape index (κ2) is 8.56. The number of rotatable bonds is 4. The monoisotopic (exact) mass is 451 g/mol. The zero-order chi connectivity index (χ0) is 22.0. The first-order chi connectivity index (χ1) is 15.0. The molecule has 0 aliphatic rings. The van der Waals surface area contributed by atoms with Crippen LogP contribution in [0.2, 0.25) is 10.0 Å². The van der Waals surface area contributed by atoms with Crippen LogP contribution in [-0.2, 0) is 0 Å². The highest BCUT2D eigenvalue weighted by Crippen LogP contribution is 2.30. The third-order valence-electron chi connectivity index (χ3n) is 4.36. The fourth-order valence-corrected chi connectivity index (χ4v) is 3.41. The first-order valence-electron chi connectivity index (χ1n) is 8.94. The van der Waals surface area contributed by atoms with E-state index < -0.39 is 11.7 Å². The van der Waals surface area contributed by atoms with Crippen molar-refractivity contribution < 1.29 is 9.18 Å². The molecule has 0 spiro atoms. The van der Waals surface area contributed by atoms with Crippen LogP contribution in [-0.4, -0.2) is 20.7 Å². The summed E-state index contributed by atoms with van der Waals surface area (Å²) in [6.07, 6.45) is 1.04. The molecule has 0 atom stereocenters. The van der Waals surface area contributed by atoms with Gasteiger partial charge in [-0.05, 0) is 30.3 Å². The largest absolute Gasteiger partial charge is 0.306 e. The van der Waals surface area contributed by atoms with Gasteiger partial charge in [0.15, 0.2) is 5.69 Å². The van der Waals surface area contributed by atoms with E-state index >= 15 is 0 Å². The number of amides is 1. The Balaban J connectivity index is 1.70. The molecule has 31 heavy (non-hydrogen) atoms. The average molecular weight is 452 g/mol. The number of halogens is 3. The van der Waals surface area contributed by atoms with E-state index in [0.717, 1.165) is 12.3 Å². The van der Waals surface area contributed by atoms with E-state index in [4.69, 9.17) is 23.2 Å². The van der Waals surface area contributed by atoms with Crippen LogP contribution in [0.25, 0.3) is 16.9 Å². The predicted molar refractivity (Wildman–Crippen MR) is 116 cm³/mol.